The van der Waals surface area contributed by atoms with Crippen molar-refractivity contribution in [3.05, 3.63) is 29.8 Å². The van der Waals surface area contributed by atoms with Crippen molar-refractivity contribution in [2.75, 3.05) is 12.3 Å². The highest BCUT2D eigenvalue weighted by molar-refractivity contribution is 5.55. The molecule has 1 aliphatic rings. The monoisotopic (exact) mass is 256 g/mol. The second-order valence-corrected chi connectivity index (χ2v) is 4.23. The molecule has 0 aliphatic carbocycles. The Morgan fingerprint density at radius 3 is 3.00 bits per heavy atom. The minimum Gasteiger partial charge on any atom is -0.382 e. The molecular formula is C12H12N6O. The number of nitrogens with zero attached hydrogens (tertiary/aromatic N) is 5. The van der Waals surface area contributed by atoms with Gasteiger partial charge in [0.05, 0.1) is 6.20 Å². The average Bonchev–Trinajstić information content (AvgIpc) is 3.07. The Morgan fingerprint density at radius 2 is 2.37 bits per heavy atom. The Labute approximate surface area is 109 Å². The smallest absolute Gasteiger partial charge is 0.174 e. The van der Waals surface area contributed by atoms with E-state index in [0.717, 1.165) is 12.8 Å². The van der Waals surface area contributed by atoms with E-state index in [1.165, 1.54) is 4.68 Å². The lowest BCUT2D eigenvalue weighted by molar-refractivity contribution is 0.108. The molecule has 1 saturated heterocycles. The van der Waals surface area contributed by atoms with Gasteiger partial charge >= 0.3 is 0 Å². The highest BCUT2D eigenvalue weighted by Crippen LogP contribution is 2.32. The molecule has 2 N–H and O–H groups in total. The molecule has 7 nitrogen and oxygen atoms in total. The van der Waals surface area contributed by atoms with Crippen LogP contribution in [-0.4, -0.2) is 26.4 Å². The number of aromatic nitrogens is 4. The molecular weight excluding hydrogens is 244 g/mol. The first kappa shape index (κ1) is 11.6. The van der Waals surface area contributed by atoms with Gasteiger partial charge in [-0.2, -0.15) is 15.0 Å². The van der Waals surface area contributed by atoms with Gasteiger partial charge in [-0.1, -0.05) is 0 Å². The number of ether oxygens (including phenoxy) is 1. The number of nitrogen functional groups attached to an aromatic ring is 1. The molecule has 0 amide bonds. The van der Waals surface area contributed by atoms with E-state index < -0.39 is 0 Å². The number of hydrogen-bond acceptors (Lipinski definition) is 6. The number of hydrogen-bond donors (Lipinski definition) is 1. The molecule has 1 aliphatic heterocycles. The summed E-state index contributed by atoms with van der Waals surface area (Å²) in [5.74, 6) is 0.759. The van der Waals surface area contributed by atoms with E-state index in [0.29, 0.717) is 23.7 Å². The summed E-state index contributed by atoms with van der Waals surface area (Å²) in [6.45, 7) is 0.688. The second kappa shape index (κ2) is 4.66. The molecule has 19 heavy (non-hydrogen) atoms. The van der Waals surface area contributed by atoms with E-state index in [1.54, 1.807) is 18.6 Å². The molecule has 7 heteroatoms. The van der Waals surface area contributed by atoms with Crippen LogP contribution in [0.2, 0.25) is 0 Å². The lowest BCUT2D eigenvalue weighted by Crippen LogP contribution is -2.05. The molecule has 3 rings (SSSR count). The Bertz CT molecular complexity index is 624. The van der Waals surface area contributed by atoms with Crippen LogP contribution in [0, 0.1) is 11.3 Å². The van der Waals surface area contributed by atoms with Gasteiger partial charge in [-0.15, -0.1) is 0 Å². The van der Waals surface area contributed by atoms with Crippen LogP contribution in [0.15, 0.2) is 18.6 Å². The van der Waals surface area contributed by atoms with Gasteiger partial charge in [-0.25, -0.2) is 4.98 Å². The zero-order valence-corrected chi connectivity index (χ0v) is 10.2. The molecule has 0 radical (unpaired) electrons. The van der Waals surface area contributed by atoms with Crippen molar-refractivity contribution in [1.29, 1.82) is 5.26 Å². The van der Waals surface area contributed by atoms with Gasteiger partial charge in [0.15, 0.2) is 5.82 Å². The van der Waals surface area contributed by atoms with Crippen LogP contribution >= 0.6 is 0 Å². The summed E-state index contributed by atoms with van der Waals surface area (Å²) in [7, 11) is 0. The molecule has 2 aromatic heterocycles. The summed E-state index contributed by atoms with van der Waals surface area (Å²) in [6.07, 6.45) is 6.32. The summed E-state index contributed by atoms with van der Waals surface area (Å²) in [4.78, 5) is 8.10. The van der Waals surface area contributed by atoms with Crippen molar-refractivity contribution in [3.63, 3.8) is 0 Å². The fourth-order valence-electron chi connectivity index (χ4n) is 2.16. The maximum Gasteiger partial charge on any atom is 0.174 e. The number of nitriles is 1. The number of anilines is 1. The minimum atomic E-state index is -0.158. The lowest BCUT2D eigenvalue weighted by atomic mass is 10.1. The Balaban J connectivity index is 2.10. The molecule has 0 unspecified atom stereocenters. The fourth-order valence-corrected chi connectivity index (χ4v) is 2.16. The van der Waals surface area contributed by atoms with Crippen molar-refractivity contribution in [3.8, 4) is 11.9 Å². The predicted octanol–water partition coefficient (Wildman–Crippen LogP) is 0.968. The summed E-state index contributed by atoms with van der Waals surface area (Å²) in [6, 6.07) is 2.09. The van der Waals surface area contributed by atoms with Crippen molar-refractivity contribution < 1.29 is 4.74 Å². The maximum atomic E-state index is 9.24. The first-order chi connectivity index (χ1) is 9.31. The van der Waals surface area contributed by atoms with Gasteiger partial charge in [-0.3, -0.25) is 4.98 Å². The highest BCUT2D eigenvalue weighted by Gasteiger charge is 2.27. The third-order valence-corrected chi connectivity index (χ3v) is 3.06. The summed E-state index contributed by atoms with van der Waals surface area (Å²) >= 11 is 0. The zero-order chi connectivity index (χ0) is 13.2. The van der Waals surface area contributed by atoms with Gasteiger partial charge in [0.2, 0.25) is 0 Å². The van der Waals surface area contributed by atoms with Gasteiger partial charge < -0.3 is 10.5 Å². The Morgan fingerprint density at radius 1 is 1.47 bits per heavy atom. The van der Waals surface area contributed by atoms with Crippen molar-refractivity contribution >= 4 is 5.82 Å². The van der Waals surface area contributed by atoms with Gasteiger partial charge in [0.25, 0.3) is 0 Å². The molecule has 0 spiro atoms. The molecule has 96 valence electrons. The molecule has 0 bridgehead atoms. The van der Waals surface area contributed by atoms with E-state index >= 15 is 0 Å². The van der Waals surface area contributed by atoms with Gasteiger partial charge in [0, 0.05) is 19.0 Å². The quantitative estimate of drug-likeness (QED) is 0.858. The van der Waals surface area contributed by atoms with Crippen LogP contribution in [-0.2, 0) is 4.74 Å². The maximum absolute atomic E-state index is 9.24. The second-order valence-electron chi connectivity index (χ2n) is 4.23. The third-order valence-electron chi connectivity index (χ3n) is 3.06. The summed E-state index contributed by atoms with van der Waals surface area (Å²) < 4.78 is 7.00. The van der Waals surface area contributed by atoms with E-state index in [4.69, 9.17) is 10.5 Å². The van der Waals surface area contributed by atoms with Crippen LogP contribution in [0.5, 0.6) is 0 Å². The van der Waals surface area contributed by atoms with Crippen LogP contribution in [0.25, 0.3) is 5.82 Å². The molecule has 2 aromatic rings. The standard InChI is InChI=1S/C12H12N6O/c13-6-8-11(9-2-1-5-19-9)17-18(12(8)14)10-7-15-3-4-16-10/h3-4,7,9H,1-2,5,14H2/t9-/m0/s1. The van der Waals surface area contributed by atoms with Crippen LogP contribution in [0.4, 0.5) is 5.82 Å². The number of rotatable bonds is 2. The van der Waals surface area contributed by atoms with E-state index in [9.17, 15) is 5.26 Å². The molecule has 1 fully saturated rings. The zero-order valence-electron chi connectivity index (χ0n) is 10.2. The molecule has 0 saturated carbocycles. The molecule has 1 atom stereocenters. The number of nitrogens with two attached hydrogens (primary N) is 1. The normalized spacial score (nSPS) is 18.4. The molecule has 3 heterocycles. The highest BCUT2D eigenvalue weighted by atomic mass is 16.5. The van der Waals surface area contributed by atoms with Crippen LogP contribution < -0.4 is 5.73 Å². The molecule has 0 aromatic carbocycles. The third kappa shape index (κ3) is 1.92. The predicted molar refractivity (Wildman–Crippen MR) is 66.2 cm³/mol. The lowest BCUT2D eigenvalue weighted by Gasteiger charge is -2.05. The Kier molecular flexibility index (Phi) is 2.85. The van der Waals surface area contributed by atoms with E-state index in [1.807, 2.05) is 0 Å². The minimum absolute atomic E-state index is 0.158. The van der Waals surface area contributed by atoms with Crippen LogP contribution in [0.1, 0.15) is 30.2 Å². The first-order valence-electron chi connectivity index (χ1n) is 5.97. The average molecular weight is 256 g/mol. The SMILES string of the molecule is N#Cc1c([C@@H]2CCCO2)nn(-c2cnccn2)c1N. The van der Waals surface area contributed by atoms with Gasteiger partial charge in [0.1, 0.15) is 29.2 Å². The van der Waals surface area contributed by atoms with Crippen molar-refractivity contribution in [2.24, 2.45) is 0 Å². The van der Waals surface area contributed by atoms with Crippen LogP contribution in [0.3, 0.4) is 0 Å². The van der Waals surface area contributed by atoms with Crippen molar-refractivity contribution in [1.82, 2.24) is 19.7 Å². The topological polar surface area (TPSA) is 103 Å². The fraction of sp³-hybridized carbons (Fsp3) is 0.333. The Hall–Kier alpha value is -2.46. The first-order valence-corrected chi connectivity index (χ1v) is 5.97. The van der Waals surface area contributed by atoms with E-state index in [2.05, 4.69) is 21.1 Å². The summed E-state index contributed by atoms with van der Waals surface area (Å²) in [5.41, 5.74) is 6.91. The summed E-state index contributed by atoms with van der Waals surface area (Å²) in [5, 5.41) is 13.6. The van der Waals surface area contributed by atoms with Gasteiger partial charge in [-0.05, 0) is 12.8 Å². The van der Waals surface area contributed by atoms with Crippen molar-refractivity contribution in [2.45, 2.75) is 18.9 Å². The van der Waals surface area contributed by atoms with E-state index in [-0.39, 0.29) is 11.9 Å². The largest absolute Gasteiger partial charge is 0.382 e.